The van der Waals surface area contributed by atoms with Crippen LogP contribution in [0.25, 0.3) is 0 Å². The van der Waals surface area contributed by atoms with Crippen molar-refractivity contribution in [2.45, 2.75) is 25.9 Å². The summed E-state index contributed by atoms with van der Waals surface area (Å²) in [4.78, 5) is 39.0. The van der Waals surface area contributed by atoms with E-state index in [1.54, 1.807) is 43.2 Å². The Morgan fingerprint density at radius 2 is 1.63 bits per heavy atom. The van der Waals surface area contributed by atoms with Gasteiger partial charge in [0.15, 0.2) is 6.10 Å². The monoisotopic (exact) mass is 410 g/mol. The zero-order valence-corrected chi connectivity index (χ0v) is 17.2. The first-order chi connectivity index (χ1) is 14.5. The smallest absolute Gasteiger partial charge is 0.321 e. The van der Waals surface area contributed by atoms with E-state index in [4.69, 9.17) is 9.47 Å². The summed E-state index contributed by atoms with van der Waals surface area (Å²) in [5.74, 6) is -0.325. The molecule has 1 aliphatic rings. The van der Waals surface area contributed by atoms with Gasteiger partial charge in [0.05, 0.1) is 13.0 Å². The summed E-state index contributed by atoms with van der Waals surface area (Å²) in [6.45, 7) is 2.49. The number of hydrogen-bond donors (Lipinski definition) is 1. The van der Waals surface area contributed by atoms with Crippen LogP contribution in [0.3, 0.4) is 0 Å². The Labute approximate surface area is 176 Å². The molecule has 0 saturated carbocycles. The van der Waals surface area contributed by atoms with Crippen molar-refractivity contribution in [2.24, 2.45) is 5.92 Å². The van der Waals surface area contributed by atoms with E-state index in [1.807, 2.05) is 30.3 Å². The van der Waals surface area contributed by atoms with Gasteiger partial charge in [0.25, 0.3) is 0 Å². The highest BCUT2D eigenvalue weighted by Crippen LogP contribution is 2.21. The third kappa shape index (κ3) is 5.37. The topological polar surface area (TPSA) is 84.9 Å². The molecule has 0 spiro atoms. The Hall–Kier alpha value is -3.35. The van der Waals surface area contributed by atoms with Crippen molar-refractivity contribution in [1.82, 2.24) is 4.90 Å². The van der Waals surface area contributed by atoms with Crippen molar-refractivity contribution in [1.29, 1.82) is 0 Å². The molecular weight excluding hydrogens is 384 g/mol. The lowest BCUT2D eigenvalue weighted by Gasteiger charge is -2.31. The number of nitrogens with one attached hydrogen (secondary N) is 1. The maximum absolute atomic E-state index is 12.5. The zero-order chi connectivity index (χ0) is 21.5. The van der Waals surface area contributed by atoms with Crippen LogP contribution in [0.2, 0.25) is 0 Å². The summed E-state index contributed by atoms with van der Waals surface area (Å²) in [5.41, 5.74) is 1.19. The minimum absolute atomic E-state index is 0.184. The van der Waals surface area contributed by atoms with Gasteiger partial charge in [-0.2, -0.15) is 0 Å². The predicted molar refractivity (Wildman–Crippen MR) is 113 cm³/mol. The number of esters is 1. The standard InChI is InChI=1S/C23H26N2O5/c1-16(21(26)17-8-10-20(29-2)11-9-17)30-22(27)18-12-14-25(15-13-18)23(28)24-19-6-4-3-5-7-19/h3-11,16,18H,12-15H2,1-2H3,(H,24,28)/t16-/m0/s1. The molecule has 1 fully saturated rings. The number of amides is 2. The maximum atomic E-state index is 12.5. The van der Waals surface area contributed by atoms with Gasteiger partial charge in [-0.15, -0.1) is 0 Å². The van der Waals surface area contributed by atoms with Gasteiger partial charge in [-0.3, -0.25) is 9.59 Å². The number of rotatable bonds is 6. The van der Waals surface area contributed by atoms with Gasteiger partial charge >= 0.3 is 12.0 Å². The molecule has 2 amide bonds. The van der Waals surface area contributed by atoms with E-state index in [0.29, 0.717) is 37.2 Å². The third-order valence-corrected chi connectivity index (χ3v) is 5.18. The van der Waals surface area contributed by atoms with Crippen LogP contribution in [0.15, 0.2) is 54.6 Å². The second-order valence-corrected chi connectivity index (χ2v) is 7.23. The highest BCUT2D eigenvalue weighted by atomic mass is 16.5. The van der Waals surface area contributed by atoms with Crippen LogP contribution in [-0.2, 0) is 9.53 Å². The molecule has 1 aliphatic heterocycles. The fraction of sp³-hybridized carbons (Fsp3) is 0.348. The molecule has 0 aliphatic carbocycles. The van der Waals surface area contributed by atoms with E-state index in [0.717, 1.165) is 5.69 Å². The van der Waals surface area contributed by atoms with Crippen molar-refractivity contribution in [3.05, 3.63) is 60.2 Å². The average Bonchev–Trinajstić information content (AvgIpc) is 2.79. The van der Waals surface area contributed by atoms with Crippen molar-refractivity contribution in [2.75, 3.05) is 25.5 Å². The number of nitrogens with zero attached hydrogens (tertiary/aromatic N) is 1. The predicted octanol–water partition coefficient (Wildman–Crippen LogP) is 3.75. The Kier molecular flexibility index (Phi) is 7.06. The largest absolute Gasteiger partial charge is 0.497 e. The van der Waals surface area contributed by atoms with Crippen LogP contribution in [-0.4, -0.2) is 49.0 Å². The second kappa shape index (κ2) is 9.91. The number of piperidine rings is 1. The summed E-state index contributed by atoms with van der Waals surface area (Å²) < 4.78 is 10.5. The van der Waals surface area contributed by atoms with Crippen molar-refractivity contribution in [3.8, 4) is 5.75 Å². The summed E-state index contributed by atoms with van der Waals surface area (Å²) in [6.07, 6.45) is 0.139. The number of Topliss-reactive ketones (excluding diaryl/α,β-unsaturated/α-hetero) is 1. The number of para-hydroxylation sites is 1. The minimum Gasteiger partial charge on any atom is -0.497 e. The first-order valence-corrected chi connectivity index (χ1v) is 9.97. The SMILES string of the molecule is COc1ccc(C(=O)[C@H](C)OC(=O)C2CCN(C(=O)Nc3ccccc3)CC2)cc1. The van der Waals surface area contributed by atoms with E-state index < -0.39 is 12.1 Å². The van der Waals surface area contributed by atoms with E-state index in [-0.39, 0.29) is 17.7 Å². The zero-order valence-electron chi connectivity index (χ0n) is 17.2. The number of ketones is 1. The Morgan fingerprint density at radius 1 is 1.00 bits per heavy atom. The number of benzene rings is 2. The second-order valence-electron chi connectivity index (χ2n) is 7.23. The van der Waals surface area contributed by atoms with Crippen molar-refractivity contribution in [3.63, 3.8) is 0 Å². The molecule has 1 N–H and O–H groups in total. The third-order valence-electron chi connectivity index (χ3n) is 5.18. The summed E-state index contributed by atoms with van der Waals surface area (Å²) in [6, 6.07) is 15.7. The molecule has 158 valence electrons. The molecule has 0 bridgehead atoms. The number of methoxy groups -OCH3 is 1. The molecular formula is C23H26N2O5. The Bertz CT molecular complexity index is 874. The minimum atomic E-state index is -0.870. The number of carbonyl (C=O) groups is 3. The summed E-state index contributed by atoms with van der Waals surface area (Å²) in [7, 11) is 1.55. The van der Waals surface area contributed by atoms with E-state index >= 15 is 0 Å². The average molecular weight is 410 g/mol. The van der Waals surface area contributed by atoms with Gasteiger partial charge in [-0.1, -0.05) is 18.2 Å². The van der Waals surface area contributed by atoms with Gasteiger partial charge in [-0.25, -0.2) is 4.79 Å². The fourth-order valence-electron chi connectivity index (χ4n) is 3.36. The number of hydrogen-bond acceptors (Lipinski definition) is 5. The normalized spacial score (nSPS) is 15.2. The van der Waals surface area contributed by atoms with Gasteiger partial charge in [0.1, 0.15) is 5.75 Å². The summed E-state index contributed by atoms with van der Waals surface area (Å²) in [5, 5.41) is 2.85. The van der Waals surface area contributed by atoms with Crippen LogP contribution in [0.4, 0.5) is 10.5 Å². The van der Waals surface area contributed by atoms with Crippen molar-refractivity contribution < 1.29 is 23.9 Å². The van der Waals surface area contributed by atoms with Gasteiger partial charge in [0.2, 0.25) is 5.78 Å². The van der Waals surface area contributed by atoms with Crippen LogP contribution in [0.1, 0.15) is 30.1 Å². The lowest BCUT2D eigenvalue weighted by atomic mass is 9.97. The first-order valence-electron chi connectivity index (χ1n) is 9.97. The molecule has 1 heterocycles. The molecule has 2 aromatic rings. The number of likely N-dealkylation sites (tertiary alicyclic amines) is 1. The fourth-order valence-corrected chi connectivity index (χ4v) is 3.36. The molecule has 2 aromatic carbocycles. The number of ether oxygens (including phenoxy) is 2. The van der Waals surface area contributed by atoms with Crippen LogP contribution in [0.5, 0.6) is 5.75 Å². The first kappa shape index (κ1) is 21.4. The molecule has 1 saturated heterocycles. The summed E-state index contributed by atoms with van der Waals surface area (Å²) >= 11 is 0. The molecule has 7 heteroatoms. The Balaban J connectivity index is 1.47. The molecule has 3 rings (SSSR count). The van der Waals surface area contributed by atoms with Crippen molar-refractivity contribution >= 4 is 23.5 Å². The van der Waals surface area contributed by atoms with Crippen LogP contribution < -0.4 is 10.1 Å². The highest BCUT2D eigenvalue weighted by Gasteiger charge is 2.30. The van der Waals surface area contributed by atoms with E-state index in [1.165, 1.54) is 0 Å². The van der Waals surface area contributed by atoms with Crippen LogP contribution >= 0.6 is 0 Å². The quantitative estimate of drug-likeness (QED) is 0.579. The molecule has 30 heavy (non-hydrogen) atoms. The molecule has 0 aromatic heterocycles. The number of anilines is 1. The number of carbonyl (C=O) groups excluding carboxylic acids is 3. The number of urea groups is 1. The highest BCUT2D eigenvalue weighted by molar-refractivity contribution is 6.00. The lowest BCUT2D eigenvalue weighted by molar-refractivity contribution is -0.152. The maximum Gasteiger partial charge on any atom is 0.321 e. The van der Waals surface area contributed by atoms with Gasteiger partial charge in [-0.05, 0) is 56.2 Å². The molecule has 0 radical (unpaired) electrons. The van der Waals surface area contributed by atoms with Crippen LogP contribution in [0, 0.1) is 5.92 Å². The molecule has 1 atom stereocenters. The van der Waals surface area contributed by atoms with Gasteiger partial charge < -0.3 is 19.7 Å². The lowest BCUT2D eigenvalue weighted by Crippen LogP contribution is -2.43. The van der Waals surface area contributed by atoms with Gasteiger partial charge in [0, 0.05) is 24.3 Å². The molecule has 0 unspecified atom stereocenters. The Morgan fingerprint density at radius 3 is 2.23 bits per heavy atom. The molecule has 7 nitrogen and oxygen atoms in total. The van der Waals surface area contributed by atoms with E-state index in [9.17, 15) is 14.4 Å². The van der Waals surface area contributed by atoms with E-state index in [2.05, 4.69) is 5.32 Å².